The van der Waals surface area contributed by atoms with Gasteiger partial charge in [0.05, 0.1) is 17.9 Å². The Kier molecular flexibility index (Phi) is 7.70. The number of hydrogen-bond donors (Lipinski definition) is 2. The van der Waals surface area contributed by atoms with Gasteiger partial charge in [-0.05, 0) is 12.1 Å². The van der Waals surface area contributed by atoms with Crippen molar-refractivity contribution in [2.24, 2.45) is 0 Å². The molecular formula is C24H26F4N6O2. The van der Waals surface area contributed by atoms with Gasteiger partial charge in [0.1, 0.15) is 17.6 Å². The molecule has 0 saturated carbocycles. The zero-order valence-corrected chi connectivity index (χ0v) is 19.6. The Morgan fingerprint density at radius 3 is 2.58 bits per heavy atom. The average Bonchev–Trinajstić information content (AvgIpc) is 2.85. The maximum absolute atomic E-state index is 14.0. The van der Waals surface area contributed by atoms with Crippen molar-refractivity contribution in [1.82, 2.24) is 20.2 Å². The lowest BCUT2D eigenvalue weighted by Crippen LogP contribution is -2.40. The minimum Gasteiger partial charge on any atom is -0.487 e. The highest BCUT2D eigenvalue weighted by atomic mass is 19.3. The number of anilines is 1. The predicted molar refractivity (Wildman–Crippen MR) is 125 cm³/mol. The van der Waals surface area contributed by atoms with Gasteiger partial charge in [0, 0.05) is 69.9 Å². The summed E-state index contributed by atoms with van der Waals surface area (Å²) in [6.45, 7) is 0.309. The predicted octanol–water partition coefficient (Wildman–Crippen LogP) is 3.51. The molecule has 2 N–H and O–H groups in total. The van der Waals surface area contributed by atoms with Crippen LogP contribution >= 0.6 is 0 Å². The van der Waals surface area contributed by atoms with E-state index in [1.807, 2.05) is 10.2 Å². The number of rotatable bonds is 7. The molecular weight excluding hydrogens is 480 g/mol. The van der Waals surface area contributed by atoms with Crippen LogP contribution in [0.4, 0.5) is 23.4 Å². The highest BCUT2D eigenvalue weighted by Gasteiger charge is 2.29. The fourth-order valence-corrected chi connectivity index (χ4v) is 4.27. The molecule has 1 fully saturated rings. The number of hydrogen-bond acceptors (Lipinski definition) is 7. The van der Waals surface area contributed by atoms with Crippen molar-refractivity contribution in [3.05, 3.63) is 53.1 Å². The van der Waals surface area contributed by atoms with Crippen LogP contribution in [-0.2, 0) is 17.8 Å². The molecule has 2 aromatic rings. The molecule has 0 atom stereocenters. The van der Waals surface area contributed by atoms with E-state index in [1.54, 1.807) is 4.90 Å². The van der Waals surface area contributed by atoms with Crippen LogP contribution in [0.1, 0.15) is 36.8 Å². The third kappa shape index (κ3) is 5.74. The van der Waals surface area contributed by atoms with Gasteiger partial charge in [-0.15, -0.1) is 0 Å². The number of fused-ring (bicyclic) bond motifs is 1. The van der Waals surface area contributed by atoms with Crippen LogP contribution < -0.4 is 15.0 Å². The Bertz CT molecular complexity index is 1170. The van der Waals surface area contributed by atoms with E-state index in [0.717, 1.165) is 24.5 Å². The first kappa shape index (κ1) is 25.4. The van der Waals surface area contributed by atoms with E-state index in [2.05, 4.69) is 4.98 Å². The summed E-state index contributed by atoms with van der Waals surface area (Å²) in [5.41, 5.74) is 1.65. The minimum atomic E-state index is -2.82. The van der Waals surface area contributed by atoms with Crippen molar-refractivity contribution in [1.29, 1.82) is 5.41 Å². The lowest BCUT2D eigenvalue weighted by molar-refractivity contribution is -0.129. The molecule has 192 valence electrons. The number of carbonyl (C=O) groups is 1. The Balaban J connectivity index is 1.58. The Labute approximate surface area is 205 Å². The Morgan fingerprint density at radius 2 is 1.94 bits per heavy atom. The highest BCUT2D eigenvalue weighted by Crippen LogP contribution is 2.30. The zero-order chi connectivity index (χ0) is 25.8. The number of nitrogens with zero attached hydrogens (tertiary/aromatic N) is 4. The number of nitrogens with one attached hydrogen (secondary N) is 2. The number of allylic oxidation sites excluding steroid dienone is 1. The molecule has 3 heterocycles. The normalized spacial score (nSPS) is 16.7. The van der Waals surface area contributed by atoms with Crippen molar-refractivity contribution in [2.45, 2.75) is 45.4 Å². The van der Waals surface area contributed by atoms with Gasteiger partial charge in [-0.25, -0.2) is 18.7 Å². The first-order valence-corrected chi connectivity index (χ1v) is 11.5. The molecule has 0 radical (unpaired) electrons. The number of carbonyl (C=O) groups excluding carboxylic acids is 1. The second kappa shape index (κ2) is 10.9. The smallest absolute Gasteiger partial charge is 0.312 e. The number of ether oxygens (including phenoxy) is 1. The van der Waals surface area contributed by atoms with Gasteiger partial charge in [0.15, 0.2) is 17.4 Å². The number of alkyl halides is 2. The molecule has 1 saturated heterocycles. The second-order valence-corrected chi connectivity index (χ2v) is 8.57. The molecule has 8 nitrogen and oxygen atoms in total. The van der Waals surface area contributed by atoms with Crippen LogP contribution in [0.5, 0.6) is 5.75 Å². The molecule has 12 heteroatoms. The van der Waals surface area contributed by atoms with Gasteiger partial charge in [-0.1, -0.05) is 0 Å². The first-order valence-electron chi connectivity index (χ1n) is 11.5. The fourth-order valence-electron chi connectivity index (χ4n) is 4.27. The molecule has 4 rings (SSSR count). The molecule has 36 heavy (non-hydrogen) atoms. The molecule has 1 aromatic carbocycles. The maximum Gasteiger partial charge on any atom is 0.312 e. The van der Waals surface area contributed by atoms with Crippen LogP contribution in [0.2, 0.25) is 0 Å². The fraction of sp³-hybridized carbons (Fsp3) is 0.417. The number of amides is 1. The molecule has 0 aliphatic carbocycles. The van der Waals surface area contributed by atoms with Gasteiger partial charge < -0.3 is 25.3 Å². The summed E-state index contributed by atoms with van der Waals surface area (Å²) >= 11 is 0. The largest absolute Gasteiger partial charge is 0.487 e. The van der Waals surface area contributed by atoms with Crippen LogP contribution in [0.15, 0.2) is 24.4 Å². The van der Waals surface area contributed by atoms with E-state index in [4.69, 9.17) is 15.1 Å². The van der Waals surface area contributed by atoms with Crippen molar-refractivity contribution >= 4 is 23.5 Å². The monoisotopic (exact) mass is 506 g/mol. The van der Waals surface area contributed by atoms with E-state index in [0.29, 0.717) is 56.1 Å². The van der Waals surface area contributed by atoms with Crippen molar-refractivity contribution < 1.29 is 27.1 Å². The van der Waals surface area contributed by atoms with E-state index < -0.39 is 18.2 Å². The maximum atomic E-state index is 14.0. The van der Waals surface area contributed by atoms with E-state index in [9.17, 15) is 22.4 Å². The number of aromatic nitrogens is 2. The molecule has 1 aromatic heterocycles. The minimum absolute atomic E-state index is 0.0220. The SMILES string of the molecule is CC(=O)N1CCc2nc(N3CCC(Oc4ccc(F)cc4F)CC3)c(/C(C=N)=C/NC(F)F)nc2C1. The third-order valence-electron chi connectivity index (χ3n) is 6.16. The zero-order valence-electron chi connectivity index (χ0n) is 19.6. The number of halogens is 4. The summed E-state index contributed by atoms with van der Waals surface area (Å²) in [6, 6.07) is 3.16. The lowest BCUT2D eigenvalue weighted by atomic mass is 10.0. The van der Waals surface area contributed by atoms with Gasteiger partial charge in [0.25, 0.3) is 0 Å². The van der Waals surface area contributed by atoms with Gasteiger partial charge in [-0.2, -0.15) is 8.78 Å². The highest BCUT2D eigenvalue weighted by molar-refractivity contribution is 6.09. The summed E-state index contributed by atoms with van der Waals surface area (Å²) in [4.78, 5) is 24.8. The quantitative estimate of drug-likeness (QED) is 0.339. The van der Waals surface area contributed by atoms with E-state index in [-0.39, 0.29) is 35.6 Å². The first-order chi connectivity index (χ1) is 17.2. The summed E-state index contributed by atoms with van der Waals surface area (Å²) in [5.74, 6) is -1.13. The Morgan fingerprint density at radius 1 is 1.19 bits per heavy atom. The molecule has 0 spiro atoms. The standard InChI is InChI=1S/C24H26F4N6O2/c1-14(35)34-9-6-19-20(13-34)31-22(15(11-29)12-30-24(27)28)23(32-19)33-7-4-17(5-8-33)36-21-3-2-16(25)10-18(21)26/h2-3,10-12,17,24,29-30H,4-9,13H2,1H3/b15-12+,29-11?. The van der Waals surface area contributed by atoms with Crippen LogP contribution in [0, 0.1) is 17.0 Å². The van der Waals surface area contributed by atoms with Gasteiger partial charge >= 0.3 is 6.55 Å². The number of piperidine rings is 1. The summed E-state index contributed by atoms with van der Waals surface area (Å²) in [6.07, 6.45) is 3.15. The van der Waals surface area contributed by atoms with Crippen LogP contribution in [0.3, 0.4) is 0 Å². The molecule has 0 unspecified atom stereocenters. The van der Waals surface area contributed by atoms with Crippen molar-refractivity contribution in [3.8, 4) is 5.75 Å². The second-order valence-electron chi connectivity index (χ2n) is 8.57. The van der Waals surface area contributed by atoms with Crippen molar-refractivity contribution in [2.75, 3.05) is 24.5 Å². The van der Waals surface area contributed by atoms with Gasteiger partial charge in [-0.3, -0.25) is 4.79 Å². The summed E-state index contributed by atoms with van der Waals surface area (Å²) in [5, 5.41) is 9.68. The Hall–Kier alpha value is -3.70. The summed E-state index contributed by atoms with van der Waals surface area (Å²) in [7, 11) is 0. The summed E-state index contributed by atoms with van der Waals surface area (Å²) < 4.78 is 58.5. The molecule has 1 amide bonds. The lowest BCUT2D eigenvalue weighted by Gasteiger charge is -2.35. The van der Waals surface area contributed by atoms with Crippen LogP contribution in [0.25, 0.3) is 5.57 Å². The van der Waals surface area contributed by atoms with Crippen molar-refractivity contribution in [3.63, 3.8) is 0 Å². The average molecular weight is 507 g/mol. The molecule has 2 aliphatic heterocycles. The van der Waals surface area contributed by atoms with E-state index in [1.165, 1.54) is 13.0 Å². The van der Waals surface area contributed by atoms with Crippen LogP contribution in [-0.4, -0.2) is 59.3 Å². The molecule has 2 aliphatic rings. The molecule has 0 bridgehead atoms. The van der Waals surface area contributed by atoms with E-state index >= 15 is 0 Å². The van der Waals surface area contributed by atoms with Gasteiger partial charge in [0.2, 0.25) is 5.91 Å². The third-order valence-corrected chi connectivity index (χ3v) is 6.16. The number of benzene rings is 1. The topological polar surface area (TPSA) is 94.4 Å².